The number of nitrogens with one attached hydrogen (secondary N) is 1. The van der Waals surface area contributed by atoms with Crippen LogP contribution in [0.25, 0.3) is 0 Å². The first kappa shape index (κ1) is 24.9. The number of anilines is 1. The highest BCUT2D eigenvalue weighted by atomic mass is 32.2. The van der Waals surface area contributed by atoms with Crippen molar-refractivity contribution in [1.29, 1.82) is 0 Å². The van der Waals surface area contributed by atoms with Crippen LogP contribution >= 0.6 is 0 Å². The van der Waals surface area contributed by atoms with Crippen LogP contribution in [0, 0.1) is 5.92 Å². The minimum Gasteiger partial charge on any atom is -0.387 e. The van der Waals surface area contributed by atoms with Crippen LogP contribution < -0.4 is 5.32 Å². The molecular weight excluding hydrogens is 470 g/mol. The van der Waals surface area contributed by atoms with E-state index in [1.165, 1.54) is 30.2 Å². The van der Waals surface area contributed by atoms with Crippen molar-refractivity contribution in [2.75, 3.05) is 18.4 Å². The van der Waals surface area contributed by atoms with Gasteiger partial charge in [0, 0.05) is 44.1 Å². The Morgan fingerprint density at radius 1 is 1.30 bits per heavy atom. The van der Waals surface area contributed by atoms with E-state index in [4.69, 9.17) is 0 Å². The first-order chi connectivity index (χ1) is 15.3. The number of carbonyl (C=O) groups excluding carboxylic acids is 1. The van der Waals surface area contributed by atoms with Crippen LogP contribution in [0.15, 0.2) is 29.4 Å². The zero-order chi connectivity index (χ0) is 24.6. The Kier molecular flexibility index (Phi) is 6.98. The molecule has 3 rings (SSSR count). The van der Waals surface area contributed by atoms with Gasteiger partial charge in [0.2, 0.25) is 9.84 Å². The van der Waals surface area contributed by atoms with Gasteiger partial charge in [-0.1, -0.05) is 0 Å². The number of aliphatic hydroxyl groups excluding tert-OH is 1. The van der Waals surface area contributed by atoms with Crippen molar-refractivity contribution in [2.45, 2.75) is 42.4 Å². The lowest BCUT2D eigenvalue weighted by Crippen LogP contribution is -2.47. The number of piperidine rings is 1. The Labute approximate surface area is 187 Å². The number of rotatable bonds is 6. The average Bonchev–Trinajstić information content (AvgIpc) is 3.16. The number of halogens is 4. The summed E-state index contributed by atoms with van der Waals surface area (Å²) in [5.41, 5.74) is -0.546. The molecule has 2 amide bonds. The molecule has 9 nitrogen and oxygen atoms in total. The summed E-state index contributed by atoms with van der Waals surface area (Å²) < 4.78 is 82.2. The van der Waals surface area contributed by atoms with E-state index in [9.17, 15) is 27.1 Å². The summed E-state index contributed by atoms with van der Waals surface area (Å²) in [5.74, 6) is -1.67. The maximum Gasteiger partial charge on any atom is 0.353 e. The molecule has 1 saturated heterocycles. The molecule has 1 unspecified atom stereocenters. The van der Waals surface area contributed by atoms with Gasteiger partial charge >= 0.3 is 11.3 Å². The van der Waals surface area contributed by atoms with Crippen molar-refractivity contribution in [1.82, 2.24) is 19.7 Å². The summed E-state index contributed by atoms with van der Waals surface area (Å²) in [6, 6.07) is 2.37. The predicted octanol–water partition coefficient (Wildman–Crippen LogP) is 3.12. The van der Waals surface area contributed by atoms with Crippen LogP contribution in [-0.4, -0.2) is 57.6 Å². The van der Waals surface area contributed by atoms with Crippen molar-refractivity contribution in [3.05, 3.63) is 35.9 Å². The zero-order valence-electron chi connectivity index (χ0n) is 17.8. The number of hydrogen-bond donors (Lipinski definition) is 2. The van der Waals surface area contributed by atoms with Gasteiger partial charge in [-0.05, 0) is 31.9 Å². The quantitative estimate of drug-likeness (QED) is 0.598. The number of carbonyl (C=O) groups is 1. The molecule has 182 valence electrons. The Bertz CT molecular complexity index is 1120. The summed E-state index contributed by atoms with van der Waals surface area (Å²) in [4.78, 5) is 16.5. The van der Waals surface area contributed by atoms with Gasteiger partial charge in [0.1, 0.15) is 10.6 Å². The monoisotopic (exact) mass is 493 g/mol. The number of aromatic nitrogens is 3. The third-order valence-electron chi connectivity index (χ3n) is 5.39. The molecule has 14 heteroatoms. The van der Waals surface area contributed by atoms with Crippen molar-refractivity contribution in [3.8, 4) is 0 Å². The molecule has 2 aromatic heterocycles. The average molecular weight is 493 g/mol. The second-order valence-corrected chi connectivity index (χ2v) is 9.75. The molecule has 1 fully saturated rings. The molecule has 2 aromatic rings. The van der Waals surface area contributed by atoms with Crippen LogP contribution in [-0.2, 0) is 16.9 Å². The van der Waals surface area contributed by atoms with Crippen LogP contribution in [0.3, 0.4) is 0 Å². The highest BCUT2D eigenvalue weighted by molar-refractivity contribution is 7.92. The number of urea groups is 1. The molecule has 0 aliphatic carbocycles. The van der Waals surface area contributed by atoms with E-state index in [1.54, 1.807) is 0 Å². The summed E-state index contributed by atoms with van der Waals surface area (Å²) >= 11 is 0. The number of pyridine rings is 1. The number of aliphatic hydroxyl groups is 1. The molecule has 1 aliphatic rings. The third kappa shape index (κ3) is 4.95. The number of alkyl halides is 4. The Morgan fingerprint density at radius 3 is 2.52 bits per heavy atom. The van der Waals surface area contributed by atoms with Crippen LogP contribution in [0.5, 0.6) is 0 Å². The second-order valence-electron chi connectivity index (χ2n) is 7.76. The molecule has 3 heterocycles. The predicted molar refractivity (Wildman–Crippen MR) is 108 cm³/mol. The van der Waals surface area contributed by atoms with Crippen molar-refractivity contribution in [3.63, 3.8) is 0 Å². The minimum absolute atomic E-state index is 0.162. The standard InChI is InChI=1S/C19H23F4N5O4S/c1-11(29)14-9-13(3-6-24-14)25-18(30)28-7-4-12(5-8-28)19(22,23)33(31,32)15-10-27(2)26-16(15)17(20)21/h3,6,9-12,17,29H,4-5,7-8H2,1-2H3,(H,24,25,30). The van der Waals surface area contributed by atoms with E-state index in [0.29, 0.717) is 17.6 Å². The summed E-state index contributed by atoms with van der Waals surface area (Å²) in [6.07, 6.45) is -2.85. The second kappa shape index (κ2) is 9.25. The summed E-state index contributed by atoms with van der Waals surface area (Å²) in [5, 5.41) is 11.1. The number of hydrogen-bond acceptors (Lipinski definition) is 6. The van der Waals surface area contributed by atoms with Gasteiger partial charge < -0.3 is 15.3 Å². The molecule has 0 spiro atoms. The van der Waals surface area contributed by atoms with Gasteiger partial charge in [0.05, 0.1) is 11.8 Å². The van der Waals surface area contributed by atoms with Gasteiger partial charge in [0.15, 0.2) is 0 Å². The normalized spacial score (nSPS) is 16.8. The molecule has 33 heavy (non-hydrogen) atoms. The molecule has 0 aromatic carbocycles. The van der Waals surface area contributed by atoms with Crippen molar-refractivity contribution < 1.29 is 35.9 Å². The third-order valence-corrected chi connectivity index (χ3v) is 7.34. The van der Waals surface area contributed by atoms with Gasteiger partial charge in [-0.25, -0.2) is 22.0 Å². The lowest BCUT2D eigenvalue weighted by Gasteiger charge is -2.35. The SMILES string of the molecule is CC(O)c1cc(NC(=O)N2CCC(C(F)(F)S(=O)(=O)c3cn(C)nc3C(F)F)CC2)ccn1. The fourth-order valence-electron chi connectivity index (χ4n) is 3.58. The Balaban J connectivity index is 1.69. The first-order valence-electron chi connectivity index (χ1n) is 9.98. The molecular formula is C19H23F4N5O4S. The van der Waals surface area contributed by atoms with E-state index in [2.05, 4.69) is 15.4 Å². The maximum absolute atomic E-state index is 15.0. The fraction of sp³-hybridized carbons (Fsp3) is 0.526. The van der Waals surface area contributed by atoms with Gasteiger partial charge in [-0.3, -0.25) is 9.67 Å². The van der Waals surface area contributed by atoms with Crippen LogP contribution in [0.2, 0.25) is 0 Å². The van der Waals surface area contributed by atoms with E-state index in [-0.39, 0.29) is 25.9 Å². The highest BCUT2D eigenvalue weighted by Crippen LogP contribution is 2.42. The lowest BCUT2D eigenvalue weighted by molar-refractivity contribution is 0.000233. The van der Waals surface area contributed by atoms with Gasteiger partial charge in [-0.2, -0.15) is 13.9 Å². The van der Waals surface area contributed by atoms with E-state index in [0.717, 1.165) is 11.7 Å². The van der Waals surface area contributed by atoms with Crippen LogP contribution in [0.1, 0.15) is 43.7 Å². The Morgan fingerprint density at radius 2 is 1.94 bits per heavy atom. The van der Waals surface area contributed by atoms with E-state index >= 15 is 8.78 Å². The van der Waals surface area contributed by atoms with Gasteiger partial charge in [-0.15, -0.1) is 0 Å². The molecule has 0 radical (unpaired) electrons. The number of nitrogens with zero attached hydrogens (tertiary/aromatic N) is 4. The molecule has 2 N–H and O–H groups in total. The maximum atomic E-state index is 15.0. The molecule has 1 atom stereocenters. The molecule has 0 saturated carbocycles. The summed E-state index contributed by atoms with van der Waals surface area (Å²) in [7, 11) is -4.28. The van der Waals surface area contributed by atoms with Gasteiger partial charge in [0.25, 0.3) is 6.43 Å². The smallest absolute Gasteiger partial charge is 0.353 e. The highest BCUT2D eigenvalue weighted by Gasteiger charge is 2.55. The summed E-state index contributed by atoms with van der Waals surface area (Å²) in [6.45, 7) is 1.18. The van der Waals surface area contributed by atoms with Crippen LogP contribution in [0.4, 0.5) is 28.0 Å². The van der Waals surface area contributed by atoms with E-state index in [1.807, 2.05) is 0 Å². The largest absolute Gasteiger partial charge is 0.387 e. The number of aryl methyl sites for hydroxylation is 1. The van der Waals surface area contributed by atoms with Crippen molar-refractivity contribution in [2.24, 2.45) is 13.0 Å². The molecule has 1 aliphatic heterocycles. The number of likely N-dealkylation sites (tertiary alicyclic amines) is 1. The lowest BCUT2D eigenvalue weighted by atomic mass is 9.97. The topological polar surface area (TPSA) is 117 Å². The minimum atomic E-state index is -5.44. The van der Waals surface area contributed by atoms with E-state index < -0.39 is 50.2 Å². The zero-order valence-corrected chi connectivity index (χ0v) is 18.6. The number of sulfone groups is 1. The molecule has 0 bridgehead atoms. The Hall–Kier alpha value is -2.74. The first-order valence-corrected chi connectivity index (χ1v) is 11.5. The number of amides is 2. The fourth-order valence-corrected chi connectivity index (χ4v) is 5.25. The van der Waals surface area contributed by atoms with Crippen molar-refractivity contribution >= 4 is 21.6 Å².